The molecule has 34 heavy (non-hydrogen) atoms. The fourth-order valence-corrected chi connectivity index (χ4v) is 3.55. The van der Waals surface area contributed by atoms with Crippen molar-refractivity contribution in [1.29, 1.82) is 0 Å². The molecule has 0 saturated carbocycles. The van der Waals surface area contributed by atoms with E-state index in [0.29, 0.717) is 61.0 Å². The summed E-state index contributed by atoms with van der Waals surface area (Å²) in [6.07, 6.45) is 4.82. The summed E-state index contributed by atoms with van der Waals surface area (Å²) < 4.78 is 6.85. The molecule has 1 aliphatic heterocycles. The quantitative estimate of drug-likeness (QED) is 0.445. The van der Waals surface area contributed by atoms with Crippen LogP contribution in [-0.2, 0) is 27.4 Å². The largest absolute Gasteiger partial charge is 0.378 e. The summed E-state index contributed by atoms with van der Waals surface area (Å²) in [7, 11) is 0. The Morgan fingerprint density at radius 3 is 2.79 bits per heavy atom. The van der Waals surface area contributed by atoms with E-state index in [2.05, 4.69) is 31.0 Å². The fourth-order valence-electron chi connectivity index (χ4n) is 3.39. The minimum Gasteiger partial charge on any atom is -0.378 e. The Hall–Kier alpha value is -3.70. The minimum atomic E-state index is -0.131. The zero-order valence-electron chi connectivity index (χ0n) is 18.6. The van der Waals surface area contributed by atoms with Crippen LogP contribution in [0.5, 0.6) is 0 Å². The van der Waals surface area contributed by atoms with Crippen molar-refractivity contribution < 1.29 is 14.3 Å². The maximum absolute atomic E-state index is 12.4. The smallest absolute Gasteiger partial charge is 0.244 e. The van der Waals surface area contributed by atoms with E-state index in [1.54, 1.807) is 22.0 Å². The van der Waals surface area contributed by atoms with Gasteiger partial charge >= 0.3 is 0 Å². The first-order valence-electron chi connectivity index (χ1n) is 10.7. The van der Waals surface area contributed by atoms with Gasteiger partial charge in [0.2, 0.25) is 17.8 Å². The molecule has 3 heterocycles. The Morgan fingerprint density at radius 1 is 1.18 bits per heavy atom. The van der Waals surface area contributed by atoms with E-state index < -0.39 is 0 Å². The monoisotopic (exact) mass is 484 g/mol. The van der Waals surface area contributed by atoms with E-state index >= 15 is 0 Å². The molecule has 0 aliphatic carbocycles. The second kappa shape index (κ2) is 10.9. The van der Waals surface area contributed by atoms with Crippen LogP contribution in [0, 0.1) is 0 Å². The van der Waals surface area contributed by atoms with E-state index in [1.807, 2.05) is 24.3 Å². The van der Waals surface area contributed by atoms with Crippen molar-refractivity contribution in [3.63, 3.8) is 0 Å². The van der Waals surface area contributed by atoms with Crippen LogP contribution in [0.4, 0.5) is 23.1 Å². The van der Waals surface area contributed by atoms with Gasteiger partial charge < -0.3 is 25.6 Å². The number of aromatic nitrogens is 4. The molecular weight excluding hydrogens is 460 g/mol. The van der Waals surface area contributed by atoms with Gasteiger partial charge in [0.25, 0.3) is 0 Å². The number of anilines is 4. The minimum absolute atomic E-state index is 0.00486. The molecule has 3 N–H and O–H groups in total. The van der Waals surface area contributed by atoms with Gasteiger partial charge in [-0.25, -0.2) is 4.98 Å². The van der Waals surface area contributed by atoms with Crippen LogP contribution in [0.2, 0.25) is 5.02 Å². The molecule has 0 atom stereocenters. The molecule has 12 heteroatoms. The molecule has 1 aliphatic rings. The maximum Gasteiger partial charge on any atom is 0.244 e. The number of hydrogen-bond donors (Lipinski definition) is 3. The molecule has 178 valence electrons. The predicted molar refractivity (Wildman–Crippen MR) is 128 cm³/mol. The van der Waals surface area contributed by atoms with Crippen LogP contribution in [0.15, 0.2) is 42.9 Å². The van der Waals surface area contributed by atoms with Crippen molar-refractivity contribution in [2.45, 2.75) is 20.0 Å². The molecule has 11 nitrogen and oxygen atoms in total. The van der Waals surface area contributed by atoms with Gasteiger partial charge in [-0.1, -0.05) is 23.7 Å². The lowest BCUT2D eigenvalue weighted by Gasteiger charge is -2.26. The molecule has 1 aromatic carbocycles. The first-order chi connectivity index (χ1) is 16.5. The number of nitrogens with zero attached hydrogens (tertiary/aromatic N) is 5. The number of morpholine rings is 1. The van der Waals surface area contributed by atoms with E-state index in [4.69, 9.17) is 16.3 Å². The van der Waals surface area contributed by atoms with E-state index in [9.17, 15) is 9.59 Å². The number of amides is 2. The Kier molecular flexibility index (Phi) is 7.55. The van der Waals surface area contributed by atoms with Crippen molar-refractivity contribution in [2.24, 2.45) is 0 Å². The molecule has 0 spiro atoms. The third-order valence-corrected chi connectivity index (χ3v) is 5.28. The van der Waals surface area contributed by atoms with Gasteiger partial charge in [0.1, 0.15) is 11.6 Å². The first-order valence-corrected chi connectivity index (χ1v) is 11.1. The average molecular weight is 485 g/mol. The Bertz CT molecular complexity index is 1160. The zero-order chi connectivity index (χ0) is 23.9. The molecular formula is C22H25ClN8O3. The number of ether oxygens (including phenoxy) is 1. The molecule has 4 rings (SSSR count). The summed E-state index contributed by atoms with van der Waals surface area (Å²) in [5.74, 6) is 0.653. The van der Waals surface area contributed by atoms with Gasteiger partial charge in [0.15, 0.2) is 5.82 Å². The van der Waals surface area contributed by atoms with Crippen LogP contribution in [0.25, 0.3) is 0 Å². The number of nitrogens with one attached hydrogen (secondary N) is 3. The third kappa shape index (κ3) is 6.42. The van der Waals surface area contributed by atoms with Gasteiger partial charge in [-0.2, -0.15) is 10.1 Å². The molecule has 3 aromatic rings. The molecule has 0 unspecified atom stereocenters. The summed E-state index contributed by atoms with van der Waals surface area (Å²) in [6, 6.07) is 7.48. The third-order valence-electron chi connectivity index (χ3n) is 5.00. The molecule has 1 saturated heterocycles. The van der Waals surface area contributed by atoms with Crippen LogP contribution in [-0.4, -0.2) is 62.8 Å². The van der Waals surface area contributed by atoms with E-state index in [0.717, 1.165) is 5.56 Å². The molecule has 1 fully saturated rings. The Balaban J connectivity index is 1.36. The molecule has 0 radical (unpaired) electrons. The first kappa shape index (κ1) is 23.5. The van der Waals surface area contributed by atoms with Crippen molar-refractivity contribution in [3.8, 4) is 0 Å². The van der Waals surface area contributed by atoms with Gasteiger partial charge in [-0.3, -0.25) is 14.3 Å². The normalized spacial score (nSPS) is 13.4. The summed E-state index contributed by atoms with van der Waals surface area (Å²) >= 11 is 6.26. The summed E-state index contributed by atoms with van der Waals surface area (Å²) in [5, 5.41) is 13.6. The number of benzene rings is 1. The van der Waals surface area contributed by atoms with Crippen molar-refractivity contribution in [1.82, 2.24) is 24.6 Å². The van der Waals surface area contributed by atoms with Crippen molar-refractivity contribution in [2.75, 3.05) is 42.3 Å². The number of hydrogen-bond acceptors (Lipinski definition) is 8. The van der Waals surface area contributed by atoms with E-state index in [1.165, 1.54) is 13.1 Å². The highest BCUT2D eigenvalue weighted by Gasteiger charge is 2.17. The van der Waals surface area contributed by atoms with Crippen LogP contribution in [0.1, 0.15) is 12.5 Å². The second-order valence-corrected chi connectivity index (χ2v) is 8.08. The molecule has 2 aromatic heterocycles. The topological polar surface area (TPSA) is 126 Å². The lowest BCUT2D eigenvalue weighted by molar-refractivity contribution is -0.136. The molecule has 2 amide bonds. The predicted octanol–water partition coefficient (Wildman–Crippen LogP) is 2.50. The highest BCUT2D eigenvalue weighted by molar-refractivity contribution is 6.32. The van der Waals surface area contributed by atoms with Crippen LogP contribution < -0.4 is 16.0 Å². The van der Waals surface area contributed by atoms with Gasteiger partial charge in [0, 0.05) is 38.4 Å². The summed E-state index contributed by atoms with van der Waals surface area (Å²) in [5.41, 5.74) is 2.31. The van der Waals surface area contributed by atoms with Crippen molar-refractivity contribution in [3.05, 3.63) is 53.4 Å². The number of carbonyl (C=O) groups excluding carboxylic acids is 2. The Morgan fingerprint density at radius 2 is 2.00 bits per heavy atom. The Labute approximate surface area is 201 Å². The van der Waals surface area contributed by atoms with Gasteiger partial charge in [-0.15, -0.1) is 0 Å². The summed E-state index contributed by atoms with van der Waals surface area (Å²) in [6.45, 7) is 4.37. The zero-order valence-corrected chi connectivity index (χ0v) is 19.4. The molecule has 0 bridgehead atoms. The highest BCUT2D eigenvalue weighted by atomic mass is 35.5. The van der Waals surface area contributed by atoms with E-state index in [-0.39, 0.29) is 18.4 Å². The van der Waals surface area contributed by atoms with Gasteiger partial charge in [-0.05, 0) is 17.7 Å². The highest BCUT2D eigenvalue weighted by Crippen LogP contribution is 2.22. The van der Waals surface area contributed by atoms with Crippen LogP contribution in [0.3, 0.4) is 0 Å². The second-order valence-electron chi connectivity index (χ2n) is 7.67. The number of carbonyl (C=O) groups is 2. The van der Waals surface area contributed by atoms with Crippen LogP contribution >= 0.6 is 11.6 Å². The van der Waals surface area contributed by atoms with Crippen molar-refractivity contribution >= 4 is 46.6 Å². The SMILES string of the molecule is CC(=O)Nc1cccc(CNc2nc(Nc3cnn(CC(=O)N4CCOCC4)c3)ncc2Cl)c1. The average Bonchev–Trinajstić information content (AvgIpc) is 3.26. The summed E-state index contributed by atoms with van der Waals surface area (Å²) in [4.78, 5) is 34.1. The standard InChI is InChI=1S/C22H25ClN8O3/c1-15(32)27-17-4-2-3-16(9-17)10-24-21-19(23)12-25-22(29-21)28-18-11-26-31(13-18)14-20(33)30-5-7-34-8-6-30/h2-4,9,11-13H,5-8,10,14H2,1H3,(H,27,32)(H2,24,25,28,29). The lowest BCUT2D eigenvalue weighted by Crippen LogP contribution is -2.42. The lowest BCUT2D eigenvalue weighted by atomic mass is 10.2. The maximum atomic E-state index is 12.4. The number of halogens is 1. The van der Waals surface area contributed by atoms with Gasteiger partial charge in [0.05, 0.1) is 31.3 Å². The number of rotatable bonds is 8. The fraction of sp³-hybridized carbons (Fsp3) is 0.318.